The quantitative estimate of drug-likeness (QED) is 0.433. The second kappa shape index (κ2) is 12.0. The van der Waals surface area contributed by atoms with Crippen molar-refractivity contribution in [3.8, 4) is 11.5 Å². The maximum Gasteiger partial charge on any atom is 0.306 e. The molecule has 1 heterocycles. The van der Waals surface area contributed by atoms with Gasteiger partial charge in [0.2, 0.25) is 5.89 Å². The number of amides is 1. The first-order valence-electron chi connectivity index (χ1n) is 11.6. The van der Waals surface area contributed by atoms with E-state index in [0.717, 1.165) is 12.8 Å². The molecule has 12 heteroatoms. The number of nitrogens with one attached hydrogen (secondary N) is 1. The number of nitrogens with zero attached hydrogens (tertiary/aromatic N) is 2. The van der Waals surface area contributed by atoms with Gasteiger partial charge in [0, 0.05) is 12.0 Å². The number of hydrogen-bond acceptors (Lipinski definition) is 9. The molecule has 11 nitrogen and oxygen atoms in total. The van der Waals surface area contributed by atoms with Crippen molar-refractivity contribution < 1.29 is 37.1 Å². The van der Waals surface area contributed by atoms with Gasteiger partial charge in [0.25, 0.3) is 15.8 Å². The van der Waals surface area contributed by atoms with Crippen LogP contribution >= 0.6 is 0 Å². The van der Waals surface area contributed by atoms with Gasteiger partial charge in [-0.3, -0.25) is 9.59 Å². The predicted molar refractivity (Wildman–Crippen MR) is 124 cm³/mol. The molecular formula is C23H31N3O8S. The van der Waals surface area contributed by atoms with Crippen LogP contribution < -0.4 is 14.2 Å². The van der Waals surface area contributed by atoms with Crippen LogP contribution in [0.4, 0.5) is 0 Å². The lowest BCUT2D eigenvalue weighted by Crippen LogP contribution is -2.31. The van der Waals surface area contributed by atoms with E-state index in [9.17, 15) is 23.1 Å². The molecule has 3 rings (SSSR count). The largest absolute Gasteiger partial charge is 0.493 e. The van der Waals surface area contributed by atoms with E-state index in [1.807, 2.05) is 4.72 Å². The van der Waals surface area contributed by atoms with Gasteiger partial charge in [-0.05, 0) is 24.5 Å². The Hall–Kier alpha value is -3.15. The molecule has 0 aliphatic heterocycles. The van der Waals surface area contributed by atoms with E-state index in [1.165, 1.54) is 64.5 Å². The first kappa shape index (κ1) is 26.5. The number of hydrogen-bond donors (Lipinski definition) is 2. The van der Waals surface area contributed by atoms with Crippen LogP contribution in [0.3, 0.4) is 0 Å². The Bertz CT molecular complexity index is 1130. The molecular weight excluding hydrogens is 478 g/mol. The van der Waals surface area contributed by atoms with Crippen LogP contribution in [0.5, 0.6) is 11.5 Å². The molecule has 0 unspecified atom stereocenters. The smallest absolute Gasteiger partial charge is 0.306 e. The van der Waals surface area contributed by atoms with Gasteiger partial charge >= 0.3 is 11.9 Å². The molecule has 0 radical (unpaired) electrons. The van der Waals surface area contributed by atoms with Crippen molar-refractivity contribution >= 4 is 21.9 Å². The van der Waals surface area contributed by atoms with Crippen molar-refractivity contribution in [1.29, 1.82) is 0 Å². The van der Waals surface area contributed by atoms with Gasteiger partial charge in [-0.2, -0.15) is 4.98 Å². The highest BCUT2D eigenvalue weighted by Crippen LogP contribution is 2.31. The highest BCUT2D eigenvalue weighted by Gasteiger charge is 2.27. The number of carbonyl (C=O) groups is 2. The highest BCUT2D eigenvalue weighted by molar-refractivity contribution is 7.90. The molecule has 35 heavy (non-hydrogen) atoms. The summed E-state index contributed by atoms with van der Waals surface area (Å²) in [6.45, 7) is 0. The Balaban J connectivity index is 1.67. The van der Waals surface area contributed by atoms with Crippen molar-refractivity contribution in [2.24, 2.45) is 5.92 Å². The summed E-state index contributed by atoms with van der Waals surface area (Å²) in [5.74, 6) is -2.01. The molecule has 2 N–H and O–H groups in total. The summed E-state index contributed by atoms with van der Waals surface area (Å²) >= 11 is 0. The standard InChI is InChI=1S/C23H31N3O8S/c1-32-18-12-11-17(14-19(18)33-2)35(30,31)26-22(29)21-24-23(34-25-21)16(13-20(27)28)10-6-9-15-7-4-3-5-8-15/h11-12,14-16H,3-10,13H2,1-2H3,(H,26,29)(H,27,28)/t16-/m1/s1. The molecule has 192 valence electrons. The van der Waals surface area contributed by atoms with Crippen LogP contribution in [0.15, 0.2) is 27.6 Å². The fourth-order valence-corrected chi connectivity index (χ4v) is 5.32. The maximum atomic E-state index is 12.7. The van der Waals surface area contributed by atoms with Gasteiger partial charge in [0.05, 0.1) is 25.5 Å². The Labute approximate surface area is 204 Å². The third-order valence-corrected chi connectivity index (χ3v) is 7.53. The summed E-state index contributed by atoms with van der Waals surface area (Å²) in [7, 11) is -1.50. The number of carboxylic acid groups (broad SMARTS) is 1. The van der Waals surface area contributed by atoms with Crippen molar-refractivity contribution in [3.05, 3.63) is 29.9 Å². The van der Waals surface area contributed by atoms with E-state index in [4.69, 9.17) is 14.0 Å². The fourth-order valence-electron chi connectivity index (χ4n) is 4.36. The van der Waals surface area contributed by atoms with Crippen LogP contribution in [-0.4, -0.2) is 49.8 Å². The zero-order chi connectivity index (χ0) is 25.4. The number of ether oxygens (including phenoxy) is 2. The highest BCUT2D eigenvalue weighted by atomic mass is 32.2. The fraction of sp³-hybridized carbons (Fsp3) is 0.565. The summed E-state index contributed by atoms with van der Waals surface area (Å²) in [5.41, 5.74) is 0. The zero-order valence-electron chi connectivity index (χ0n) is 19.9. The van der Waals surface area contributed by atoms with Crippen molar-refractivity contribution in [1.82, 2.24) is 14.9 Å². The van der Waals surface area contributed by atoms with Crippen LogP contribution in [0.2, 0.25) is 0 Å². The second-order valence-corrected chi connectivity index (χ2v) is 10.3. The molecule has 1 aliphatic rings. The topological polar surface area (TPSA) is 158 Å². The predicted octanol–water partition coefficient (Wildman–Crippen LogP) is 3.51. The SMILES string of the molecule is COc1ccc(S(=O)(=O)NC(=O)c2noc([C@H](CCCC3CCCCC3)CC(=O)O)n2)cc1OC. The maximum absolute atomic E-state index is 12.7. The molecule has 1 fully saturated rings. The number of aromatic nitrogens is 2. The Kier molecular flexibility index (Phi) is 9.07. The molecule has 1 aromatic carbocycles. The minimum Gasteiger partial charge on any atom is -0.493 e. The Morgan fingerprint density at radius 1 is 1.17 bits per heavy atom. The van der Waals surface area contributed by atoms with Gasteiger partial charge in [-0.15, -0.1) is 0 Å². The van der Waals surface area contributed by atoms with Gasteiger partial charge in [0.15, 0.2) is 11.5 Å². The molecule has 0 spiro atoms. The minimum absolute atomic E-state index is 0.00436. The first-order valence-corrected chi connectivity index (χ1v) is 13.1. The van der Waals surface area contributed by atoms with Crippen LogP contribution in [0, 0.1) is 5.92 Å². The number of benzene rings is 1. The first-order chi connectivity index (χ1) is 16.7. The third-order valence-electron chi connectivity index (χ3n) is 6.20. The molecule has 1 aliphatic carbocycles. The van der Waals surface area contributed by atoms with Gasteiger partial charge < -0.3 is 19.1 Å². The Morgan fingerprint density at radius 3 is 2.54 bits per heavy atom. The average Bonchev–Trinajstić information content (AvgIpc) is 3.33. The number of carbonyl (C=O) groups excluding carboxylic acids is 1. The molecule has 2 aromatic rings. The number of rotatable bonds is 12. The van der Waals surface area contributed by atoms with Gasteiger partial charge in [0.1, 0.15) is 0 Å². The molecule has 0 bridgehead atoms. The lowest BCUT2D eigenvalue weighted by atomic mass is 9.84. The molecule has 1 saturated carbocycles. The van der Waals surface area contributed by atoms with Crippen LogP contribution in [-0.2, 0) is 14.8 Å². The van der Waals surface area contributed by atoms with Crippen molar-refractivity contribution in [2.75, 3.05) is 14.2 Å². The number of aliphatic carboxylic acids is 1. The van der Waals surface area contributed by atoms with Gasteiger partial charge in [-0.1, -0.05) is 50.1 Å². The van der Waals surface area contributed by atoms with E-state index in [1.54, 1.807) is 0 Å². The molecule has 1 atom stereocenters. The normalized spacial score (nSPS) is 15.4. The summed E-state index contributed by atoms with van der Waals surface area (Å²) < 4.78 is 42.6. The monoisotopic (exact) mass is 509 g/mol. The number of carboxylic acids is 1. The minimum atomic E-state index is -4.27. The average molecular weight is 510 g/mol. The van der Waals surface area contributed by atoms with Crippen LogP contribution in [0.25, 0.3) is 0 Å². The lowest BCUT2D eigenvalue weighted by Gasteiger charge is -2.21. The Morgan fingerprint density at radius 2 is 1.89 bits per heavy atom. The molecule has 1 aromatic heterocycles. The van der Waals surface area contributed by atoms with E-state index in [0.29, 0.717) is 18.1 Å². The van der Waals surface area contributed by atoms with Crippen molar-refractivity contribution in [3.63, 3.8) is 0 Å². The third kappa shape index (κ3) is 7.17. The summed E-state index contributed by atoms with van der Waals surface area (Å²) in [6, 6.07) is 3.87. The van der Waals surface area contributed by atoms with E-state index in [2.05, 4.69) is 10.1 Å². The van der Waals surface area contributed by atoms with Crippen LogP contribution in [0.1, 0.15) is 80.2 Å². The summed E-state index contributed by atoms with van der Waals surface area (Å²) in [5, 5.41) is 12.9. The van der Waals surface area contributed by atoms with E-state index >= 15 is 0 Å². The summed E-state index contributed by atoms with van der Waals surface area (Å²) in [6.07, 6.45) is 8.24. The zero-order valence-corrected chi connectivity index (χ0v) is 20.7. The second-order valence-electron chi connectivity index (χ2n) is 8.64. The van der Waals surface area contributed by atoms with Gasteiger partial charge in [-0.25, -0.2) is 13.1 Å². The summed E-state index contributed by atoms with van der Waals surface area (Å²) in [4.78, 5) is 27.7. The number of sulfonamides is 1. The molecule has 1 amide bonds. The number of methoxy groups -OCH3 is 2. The lowest BCUT2D eigenvalue weighted by molar-refractivity contribution is -0.137. The van der Waals surface area contributed by atoms with Crippen molar-refractivity contribution in [2.45, 2.75) is 68.6 Å². The molecule has 0 saturated heterocycles. The van der Waals surface area contributed by atoms with E-state index < -0.39 is 33.6 Å². The van der Waals surface area contributed by atoms with E-state index in [-0.39, 0.29) is 23.0 Å².